The van der Waals surface area contributed by atoms with Crippen LogP contribution in [-0.4, -0.2) is 45.4 Å². The smallest absolute Gasteiger partial charge is 0.328 e. The van der Waals surface area contributed by atoms with Crippen molar-refractivity contribution in [3.63, 3.8) is 0 Å². The van der Waals surface area contributed by atoms with Crippen LogP contribution in [0.4, 0.5) is 0 Å². The highest BCUT2D eigenvalue weighted by Crippen LogP contribution is 2.24. The quantitative estimate of drug-likeness (QED) is 0.327. The molecule has 2 N–H and O–H groups in total. The third-order valence-electron chi connectivity index (χ3n) is 4.94. The second kappa shape index (κ2) is 11.8. The summed E-state index contributed by atoms with van der Waals surface area (Å²) in [4.78, 5) is 30.1. The Morgan fingerprint density at radius 1 is 1.21 bits per heavy atom. The Labute approximate surface area is 202 Å². The van der Waals surface area contributed by atoms with Gasteiger partial charge in [0.1, 0.15) is 17.5 Å². The van der Waals surface area contributed by atoms with Crippen LogP contribution in [0.15, 0.2) is 59.9 Å². The van der Waals surface area contributed by atoms with Gasteiger partial charge in [0.05, 0.1) is 19.9 Å². The van der Waals surface area contributed by atoms with Crippen LogP contribution >= 0.6 is 23.4 Å². The van der Waals surface area contributed by atoms with Crippen LogP contribution < -0.4 is 5.32 Å². The third-order valence-corrected chi connectivity index (χ3v) is 6.51. The van der Waals surface area contributed by atoms with Crippen molar-refractivity contribution in [3.8, 4) is 5.75 Å². The highest BCUT2D eigenvalue weighted by Gasteiger charge is 2.25. The Kier molecular flexibility index (Phi) is 8.79. The second-order valence-corrected chi connectivity index (χ2v) is 8.84. The molecule has 2 aromatic carbocycles. The zero-order chi connectivity index (χ0) is 23.8. The minimum Gasteiger partial charge on any atom is -0.508 e. The van der Waals surface area contributed by atoms with Gasteiger partial charge in [-0.05, 0) is 35.7 Å². The molecule has 7 nitrogen and oxygen atoms in total. The monoisotopic (exact) mass is 487 g/mol. The summed E-state index contributed by atoms with van der Waals surface area (Å²) in [6.45, 7) is 2.45. The van der Waals surface area contributed by atoms with E-state index in [-0.39, 0.29) is 12.2 Å². The number of ether oxygens (including phenoxy) is 1. The van der Waals surface area contributed by atoms with E-state index in [2.05, 4.69) is 17.2 Å². The fourth-order valence-corrected chi connectivity index (χ4v) is 4.26. The zero-order valence-electron chi connectivity index (χ0n) is 18.5. The van der Waals surface area contributed by atoms with Crippen LogP contribution in [0, 0.1) is 0 Å². The van der Waals surface area contributed by atoms with Gasteiger partial charge in [0, 0.05) is 17.2 Å². The number of thioether (sulfide) groups is 1. The normalized spacial score (nSPS) is 11.7. The van der Waals surface area contributed by atoms with E-state index >= 15 is 0 Å². The summed E-state index contributed by atoms with van der Waals surface area (Å²) in [7, 11) is 1.28. The number of amides is 1. The average Bonchev–Trinajstić information content (AvgIpc) is 3.22. The lowest BCUT2D eigenvalue weighted by Gasteiger charge is -2.18. The van der Waals surface area contributed by atoms with E-state index in [1.165, 1.54) is 25.4 Å². The molecule has 1 amide bonds. The first-order valence-electron chi connectivity index (χ1n) is 10.5. The first-order chi connectivity index (χ1) is 15.9. The van der Waals surface area contributed by atoms with Crippen molar-refractivity contribution >= 4 is 35.2 Å². The molecule has 1 heterocycles. The van der Waals surface area contributed by atoms with E-state index in [0.717, 1.165) is 23.3 Å². The summed E-state index contributed by atoms with van der Waals surface area (Å²) in [5.41, 5.74) is 1.96. The van der Waals surface area contributed by atoms with Gasteiger partial charge in [-0.15, -0.1) is 0 Å². The van der Waals surface area contributed by atoms with E-state index in [1.54, 1.807) is 30.0 Å². The molecule has 0 bridgehead atoms. The number of esters is 1. The molecule has 0 unspecified atom stereocenters. The molecule has 3 rings (SSSR count). The summed E-state index contributed by atoms with van der Waals surface area (Å²) >= 11 is 7.91. The summed E-state index contributed by atoms with van der Waals surface area (Å²) in [5.74, 6) is -0.0223. The van der Waals surface area contributed by atoms with Crippen molar-refractivity contribution < 1.29 is 19.4 Å². The number of carbonyl (C=O) groups excluding carboxylic acids is 2. The standard InChI is InChI=1S/C24H26ClN3O4S/c1-3-12-33-24-26-14-21(28(24)15-17-6-4-5-7-19(17)25)22(30)27-20(23(31)32-2)13-16-8-10-18(29)11-9-16/h4-11,14,20,29H,3,12-13,15H2,1-2H3,(H,27,30)/t20-/m0/s1. The Bertz CT molecular complexity index is 1100. The lowest BCUT2D eigenvalue weighted by Crippen LogP contribution is -2.43. The van der Waals surface area contributed by atoms with Crippen LogP contribution in [0.2, 0.25) is 5.02 Å². The summed E-state index contributed by atoms with van der Waals surface area (Å²) < 4.78 is 6.71. The van der Waals surface area contributed by atoms with Gasteiger partial charge in [-0.25, -0.2) is 9.78 Å². The molecule has 3 aromatic rings. The maximum atomic E-state index is 13.2. The number of imidazole rings is 1. The fourth-order valence-electron chi connectivity index (χ4n) is 3.23. The van der Waals surface area contributed by atoms with Gasteiger partial charge in [0.2, 0.25) is 0 Å². The fraction of sp³-hybridized carbons (Fsp3) is 0.292. The molecule has 0 aliphatic rings. The predicted molar refractivity (Wildman–Crippen MR) is 129 cm³/mol. The first-order valence-corrected chi connectivity index (χ1v) is 11.9. The van der Waals surface area contributed by atoms with Crippen LogP contribution in [0.25, 0.3) is 0 Å². The van der Waals surface area contributed by atoms with Gasteiger partial charge in [0.25, 0.3) is 5.91 Å². The number of nitrogens with zero attached hydrogens (tertiary/aromatic N) is 2. The largest absolute Gasteiger partial charge is 0.508 e. The van der Waals surface area contributed by atoms with Gasteiger partial charge in [-0.2, -0.15) is 0 Å². The molecule has 0 aliphatic carbocycles. The van der Waals surface area contributed by atoms with Crippen molar-refractivity contribution in [3.05, 3.63) is 76.6 Å². The Morgan fingerprint density at radius 2 is 1.94 bits per heavy atom. The summed E-state index contributed by atoms with van der Waals surface area (Å²) in [6, 6.07) is 13.0. The van der Waals surface area contributed by atoms with Gasteiger partial charge in [-0.3, -0.25) is 4.79 Å². The number of nitrogens with one attached hydrogen (secondary N) is 1. The topological polar surface area (TPSA) is 93.4 Å². The molecule has 0 aliphatic heterocycles. The van der Waals surface area contributed by atoms with Crippen LogP contribution in [0.1, 0.15) is 35.0 Å². The number of aromatic nitrogens is 2. The van der Waals surface area contributed by atoms with Gasteiger partial charge < -0.3 is 19.7 Å². The van der Waals surface area contributed by atoms with E-state index in [4.69, 9.17) is 16.3 Å². The van der Waals surface area contributed by atoms with E-state index in [9.17, 15) is 14.7 Å². The molecular weight excluding hydrogens is 462 g/mol. The molecule has 0 saturated carbocycles. The molecule has 1 aromatic heterocycles. The van der Waals surface area contributed by atoms with Crippen molar-refractivity contribution in [1.29, 1.82) is 0 Å². The molecule has 33 heavy (non-hydrogen) atoms. The van der Waals surface area contributed by atoms with Gasteiger partial charge in [-0.1, -0.05) is 60.6 Å². The number of phenolic OH excluding ortho intramolecular Hbond substituents is 1. The maximum absolute atomic E-state index is 13.2. The van der Waals surface area contributed by atoms with E-state index in [0.29, 0.717) is 22.4 Å². The lowest BCUT2D eigenvalue weighted by atomic mass is 10.1. The lowest BCUT2D eigenvalue weighted by molar-refractivity contribution is -0.142. The number of hydrogen-bond acceptors (Lipinski definition) is 6. The number of hydrogen-bond donors (Lipinski definition) is 2. The number of rotatable bonds is 10. The Balaban J connectivity index is 1.87. The summed E-state index contributed by atoms with van der Waals surface area (Å²) in [6.07, 6.45) is 2.69. The van der Waals surface area contributed by atoms with E-state index in [1.807, 2.05) is 22.8 Å². The van der Waals surface area contributed by atoms with Crippen LogP contribution in [0.3, 0.4) is 0 Å². The van der Waals surface area contributed by atoms with Crippen molar-refractivity contribution in [1.82, 2.24) is 14.9 Å². The summed E-state index contributed by atoms with van der Waals surface area (Å²) in [5, 5.41) is 13.6. The number of phenols is 1. The molecule has 9 heteroatoms. The molecule has 0 saturated heterocycles. The highest BCUT2D eigenvalue weighted by molar-refractivity contribution is 7.99. The van der Waals surface area contributed by atoms with Gasteiger partial charge >= 0.3 is 5.97 Å². The second-order valence-electron chi connectivity index (χ2n) is 7.37. The van der Waals surface area contributed by atoms with Crippen LogP contribution in [0.5, 0.6) is 5.75 Å². The zero-order valence-corrected chi connectivity index (χ0v) is 20.0. The molecule has 174 valence electrons. The van der Waals surface area contributed by atoms with Crippen molar-refractivity contribution in [2.45, 2.75) is 37.5 Å². The van der Waals surface area contributed by atoms with Gasteiger partial charge in [0.15, 0.2) is 5.16 Å². The van der Waals surface area contributed by atoms with Crippen LogP contribution in [-0.2, 0) is 22.5 Å². The minimum atomic E-state index is -0.901. The number of aromatic hydroxyl groups is 1. The molecule has 0 radical (unpaired) electrons. The number of methoxy groups -OCH3 is 1. The van der Waals surface area contributed by atoms with Crippen molar-refractivity contribution in [2.75, 3.05) is 12.9 Å². The Hall–Kier alpha value is -2.97. The molecule has 1 atom stereocenters. The maximum Gasteiger partial charge on any atom is 0.328 e. The number of benzene rings is 2. The highest BCUT2D eigenvalue weighted by atomic mass is 35.5. The molecule has 0 fully saturated rings. The first kappa shape index (κ1) is 24.7. The number of carbonyl (C=O) groups is 2. The predicted octanol–water partition coefficient (Wildman–Crippen LogP) is 4.31. The van der Waals surface area contributed by atoms with E-state index < -0.39 is 17.9 Å². The minimum absolute atomic E-state index is 0.123. The SMILES string of the molecule is CCCSc1ncc(C(=O)N[C@@H](Cc2ccc(O)cc2)C(=O)OC)n1Cc1ccccc1Cl. The van der Waals surface area contributed by atoms with Crippen molar-refractivity contribution in [2.24, 2.45) is 0 Å². The molecule has 0 spiro atoms. The third kappa shape index (κ3) is 6.52. The average molecular weight is 488 g/mol. The molecular formula is C24H26ClN3O4S. The number of halogens is 1. The Morgan fingerprint density at radius 3 is 2.61 bits per heavy atom.